The van der Waals surface area contributed by atoms with Crippen LogP contribution in [-0.2, 0) is 46.2 Å². The number of ether oxygens (including phenoxy) is 6. The van der Waals surface area contributed by atoms with E-state index in [1.54, 1.807) is 65.8 Å². The third-order valence-corrected chi connectivity index (χ3v) is 6.06. The summed E-state index contributed by atoms with van der Waals surface area (Å²) in [5, 5.41) is 5.27. The van der Waals surface area contributed by atoms with Crippen molar-refractivity contribution in [3.63, 3.8) is 0 Å². The number of carbonyl (C=O) groups is 4. The number of carbonyl (C=O) groups excluding carboxylic acids is 4. The van der Waals surface area contributed by atoms with Crippen molar-refractivity contribution < 1.29 is 47.6 Å². The summed E-state index contributed by atoms with van der Waals surface area (Å²) in [7, 11) is 4.28. The molecule has 0 radical (unpaired) electrons. The van der Waals surface area contributed by atoms with Gasteiger partial charge in [-0.15, -0.1) is 0 Å². The van der Waals surface area contributed by atoms with Gasteiger partial charge >= 0.3 is 18.0 Å². The van der Waals surface area contributed by atoms with E-state index in [4.69, 9.17) is 28.4 Å². The van der Waals surface area contributed by atoms with Gasteiger partial charge in [0.15, 0.2) is 6.79 Å². The van der Waals surface area contributed by atoms with Crippen molar-refractivity contribution in [1.82, 2.24) is 10.6 Å². The van der Waals surface area contributed by atoms with E-state index >= 15 is 0 Å². The first-order valence-corrected chi connectivity index (χ1v) is 14.5. The second-order valence-corrected chi connectivity index (χ2v) is 12.3. The van der Waals surface area contributed by atoms with Crippen LogP contribution < -0.4 is 20.1 Å². The molecule has 0 unspecified atom stereocenters. The summed E-state index contributed by atoms with van der Waals surface area (Å²) >= 11 is 0. The van der Waals surface area contributed by atoms with Crippen molar-refractivity contribution in [2.75, 3.05) is 28.1 Å². The minimum atomic E-state index is -1.07. The molecule has 12 nitrogen and oxygen atoms in total. The summed E-state index contributed by atoms with van der Waals surface area (Å²) in [6.07, 6.45) is -0.536. The Morgan fingerprint density at radius 3 is 1.69 bits per heavy atom. The molecule has 0 fully saturated rings. The fourth-order valence-electron chi connectivity index (χ4n) is 4.32. The molecule has 45 heavy (non-hydrogen) atoms. The smallest absolute Gasteiger partial charge is 0.408 e. The molecular weight excluding hydrogens is 584 g/mol. The third-order valence-electron chi connectivity index (χ3n) is 6.06. The normalized spacial score (nSPS) is 12.8. The second-order valence-electron chi connectivity index (χ2n) is 12.3. The van der Waals surface area contributed by atoms with E-state index in [-0.39, 0.29) is 25.5 Å². The number of hydrogen-bond acceptors (Lipinski definition) is 10. The number of amides is 2. The van der Waals surface area contributed by atoms with Crippen LogP contribution in [-0.4, -0.2) is 75.3 Å². The highest BCUT2D eigenvalue weighted by atomic mass is 16.7. The van der Waals surface area contributed by atoms with Crippen LogP contribution >= 0.6 is 0 Å². The Bertz CT molecular complexity index is 1340. The second kappa shape index (κ2) is 16.1. The first-order chi connectivity index (χ1) is 21.0. The largest absolute Gasteiger partial charge is 0.496 e. The van der Waals surface area contributed by atoms with Gasteiger partial charge in [-0.1, -0.05) is 12.1 Å². The maximum absolute atomic E-state index is 13.2. The maximum atomic E-state index is 13.2. The summed E-state index contributed by atoms with van der Waals surface area (Å²) < 4.78 is 32.6. The van der Waals surface area contributed by atoms with Gasteiger partial charge in [-0.3, -0.25) is 4.79 Å². The van der Waals surface area contributed by atoms with Gasteiger partial charge in [0.1, 0.15) is 34.8 Å². The minimum absolute atomic E-state index is 0.0397. The summed E-state index contributed by atoms with van der Waals surface area (Å²) in [6.45, 7) is 11.7. The zero-order valence-electron chi connectivity index (χ0n) is 27.8. The molecule has 2 N–H and O–H groups in total. The van der Waals surface area contributed by atoms with E-state index in [9.17, 15) is 19.2 Å². The zero-order valence-corrected chi connectivity index (χ0v) is 27.8. The van der Waals surface area contributed by atoms with Gasteiger partial charge in [0.2, 0.25) is 5.91 Å². The first kappa shape index (κ1) is 36.9. The van der Waals surface area contributed by atoms with Gasteiger partial charge in [-0.2, -0.15) is 0 Å². The predicted molar refractivity (Wildman–Crippen MR) is 167 cm³/mol. The van der Waals surface area contributed by atoms with Crippen molar-refractivity contribution in [2.24, 2.45) is 0 Å². The lowest BCUT2D eigenvalue weighted by Crippen LogP contribution is -2.47. The SMILES string of the molecule is COCOc1ccc(C[C@H](NC(=O)OC(C)(C)C)C(=O)OC(C)(C)C)cc1-c1cc(C[C@H](NC(C)=O)C(=O)OC)ccc1OC. The number of alkyl carbamates (subject to hydrolysis) is 1. The Balaban J connectivity index is 2.60. The third kappa shape index (κ3) is 12.3. The first-order valence-electron chi connectivity index (χ1n) is 14.5. The van der Waals surface area contributed by atoms with Gasteiger partial charge in [-0.05, 0) is 76.9 Å². The van der Waals surface area contributed by atoms with Crippen molar-refractivity contribution in [3.05, 3.63) is 47.5 Å². The average Bonchev–Trinajstić information content (AvgIpc) is 2.93. The lowest BCUT2D eigenvalue weighted by molar-refractivity contribution is -0.157. The molecule has 2 aromatic carbocycles. The van der Waals surface area contributed by atoms with Crippen LogP contribution in [0.2, 0.25) is 0 Å². The van der Waals surface area contributed by atoms with E-state index in [1.807, 2.05) is 12.1 Å². The van der Waals surface area contributed by atoms with Crippen LogP contribution in [0.1, 0.15) is 59.6 Å². The van der Waals surface area contributed by atoms with Gasteiger partial charge in [0.05, 0.1) is 14.2 Å². The van der Waals surface area contributed by atoms with Crippen LogP contribution in [0.25, 0.3) is 11.1 Å². The molecule has 0 heterocycles. The number of hydrogen-bond donors (Lipinski definition) is 2. The highest BCUT2D eigenvalue weighted by Crippen LogP contribution is 2.38. The Morgan fingerprint density at radius 1 is 0.711 bits per heavy atom. The maximum Gasteiger partial charge on any atom is 0.408 e. The lowest BCUT2D eigenvalue weighted by Gasteiger charge is -2.26. The summed E-state index contributed by atoms with van der Waals surface area (Å²) in [4.78, 5) is 50.0. The molecule has 0 aromatic heterocycles. The Labute approximate surface area is 265 Å². The quantitative estimate of drug-likeness (QED) is 0.186. The van der Waals surface area contributed by atoms with Crippen molar-refractivity contribution in [3.8, 4) is 22.6 Å². The number of methoxy groups -OCH3 is 3. The van der Waals surface area contributed by atoms with Gasteiger partial charge in [0.25, 0.3) is 0 Å². The topological polar surface area (TPSA) is 148 Å². The predicted octanol–water partition coefficient (Wildman–Crippen LogP) is 4.34. The minimum Gasteiger partial charge on any atom is -0.496 e. The van der Waals surface area contributed by atoms with E-state index in [1.165, 1.54) is 28.3 Å². The van der Waals surface area contributed by atoms with Crippen LogP contribution in [0, 0.1) is 0 Å². The van der Waals surface area contributed by atoms with Crippen LogP contribution in [0.4, 0.5) is 4.79 Å². The molecule has 0 spiro atoms. The zero-order chi connectivity index (χ0) is 33.9. The molecule has 0 aliphatic carbocycles. The summed E-state index contributed by atoms with van der Waals surface area (Å²) in [5.41, 5.74) is 1.02. The molecule has 0 saturated carbocycles. The molecule has 248 valence electrons. The highest BCUT2D eigenvalue weighted by Gasteiger charge is 2.30. The molecule has 0 aliphatic heterocycles. The fourth-order valence-corrected chi connectivity index (χ4v) is 4.32. The Kier molecular flexibility index (Phi) is 13.2. The Hall–Kier alpha value is -4.32. The molecule has 0 bridgehead atoms. The standard InChI is InChI=1S/C33H46N2O10/c1-20(36)34-25(29(37)42-10)17-21-11-13-27(41-9)23(15-21)24-16-22(12-14-28(24)43-19-40-8)18-26(30(38)44-32(2,3)4)35-31(39)45-33(5,6)7/h11-16,25-26H,17-19H2,1-10H3,(H,34,36)(H,35,39)/t25-,26-/m0/s1. The number of nitrogens with one attached hydrogen (secondary N) is 2. The van der Waals surface area contributed by atoms with Crippen LogP contribution in [0.3, 0.4) is 0 Å². The van der Waals surface area contributed by atoms with Gasteiger partial charge in [0, 0.05) is 38.0 Å². The molecule has 2 rings (SSSR count). The monoisotopic (exact) mass is 630 g/mol. The molecule has 2 amide bonds. The van der Waals surface area contributed by atoms with Crippen molar-refractivity contribution in [1.29, 1.82) is 0 Å². The fraction of sp³-hybridized carbons (Fsp3) is 0.515. The average molecular weight is 631 g/mol. The molecular formula is C33H46N2O10. The van der Waals surface area contributed by atoms with E-state index < -0.39 is 41.3 Å². The number of rotatable bonds is 13. The summed E-state index contributed by atoms with van der Waals surface area (Å²) in [5.74, 6) is -0.624. The lowest BCUT2D eigenvalue weighted by atomic mass is 9.95. The van der Waals surface area contributed by atoms with Crippen LogP contribution in [0.15, 0.2) is 36.4 Å². The van der Waals surface area contributed by atoms with Gasteiger partial charge < -0.3 is 39.1 Å². The van der Waals surface area contributed by atoms with Crippen LogP contribution in [0.5, 0.6) is 11.5 Å². The summed E-state index contributed by atoms with van der Waals surface area (Å²) in [6, 6.07) is 8.68. The molecule has 12 heteroatoms. The van der Waals surface area contributed by atoms with E-state index in [2.05, 4.69) is 10.6 Å². The Morgan fingerprint density at radius 2 is 1.22 bits per heavy atom. The van der Waals surface area contributed by atoms with E-state index in [0.29, 0.717) is 33.8 Å². The van der Waals surface area contributed by atoms with Gasteiger partial charge in [-0.25, -0.2) is 14.4 Å². The molecule has 0 aliphatic rings. The van der Waals surface area contributed by atoms with E-state index in [0.717, 1.165) is 0 Å². The molecule has 0 saturated heterocycles. The number of esters is 2. The van der Waals surface area contributed by atoms with Crippen molar-refractivity contribution >= 4 is 23.9 Å². The highest BCUT2D eigenvalue weighted by molar-refractivity contribution is 5.84. The van der Waals surface area contributed by atoms with Crippen molar-refractivity contribution in [2.45, 2.75) is 84.6 Å². The number of benzene rings is 2. The molecule has 2 atom stereocenters. The molecule has 2 aromatic rings.